The lowest BCUT2D eigenvalue weighted by atomic mass is 9.97. The molecule has 3 aliphatic rings. The molecular weight excluding hydrogens is 833 g/mol. The zero-order chi connectivity index (χ0) is 45.6. The molecule has 10 rings (SSSR count). The number of alkyl carbamates (subject to hydrolysis) is 1. The summed E-state index contributed by atoms with van der Waals surface area (Å²) in [5.41, 5.74) is 6.37. The lowest BCUT2D eigenvalue weighted by Crippen LogP contribution is -2.51. The molecule has 4 N–H and O–H groups in total. The van der Waals surface area contributed by atoms with Crippen molar-refractivity contribution < 1.29 is 28.7 Å². The second-order valence-corrected chi connectivity index (χ2v) is 18.4. The topological polar surface area (TPSA) is 175 Å². The summed E-state index contributed by atoms with van der Waals surface area (Å²) in [7, 11) is 2.99. The van der Waals surface area contributed by atoms with E-state index in [0.717, 1.165) is 98.2 Å². The van der Waals surface area contributed by atoms with E-state index in [2.05, 4.69) is 81.3 Å². The monoisotopic (exact) mass is 888 g/mol. The Morgan fingerprint density at radius 1 is 0.758 bits per heavy atom. The van der Waals surface area contributed by atoms with E-state index in [1.165, 1.54) is 7.11 Å². The number of amides is 4. The Balaban J connectivity index is 0.917. The molecular formula is C52H56N8O6. The maximum Gasteiger partial charge on any atom is 0.407 e. The van der Waals surface area contributed by atoms with E-state index in [9.17, 15) is 19.2 Å². The predicted molar refractivity (Wildman–Crippen MR) is 253 cm³/mol. The average Bonchev–Trinajstić information content (AvgIpc) is 3.67. The minimum atomic E-state index is -0.795. The highest BCUT2D eigenvalue weighted by Gasteiger charge is 2.43. The van der Waals surface area contributed by atoms with Crippen molar-refractivity contribution in [2.24, 2.45) is 17.8 Å². The van der Waals surface area contributed by atoms with Gasteiger partial charge in [-0.25, -0.2) is 14.8 Å². The van der Waals surface area contributed by atoms with Crippen LogP contribution in [0, 0.1) is 17.8 Å². The first kappa shape index (κ1) is 43.1. The second kappa shape index (κ2) is 17.9. The van der Waals surface area contributed by atoms with E-state index in [1.807, 2.05) is 54.0 Å². The fourth-order valence-corrected chi connectivity index (χ4v) is 10.2. The Hall–Kier alpha value is -6.80. The van der Waals surface area contributed by atoms with E-state index >= 15 is 0 Å². The van der Waals surface area contributed by atoms with Crippen molar-refractivity contribution in [3.8, 4) is 11.1 Å². The molecule has 0 bridgehead atoms. The molecule has 14 nitrogen and oxygen atoms in total. The Kier molecular flexibility index (Phi) is 11.7. The fourth-order valence-electron chi connectivity index (χ4n) is 10.2. The summed E-state index contributed by atoms with van der Waals surface area (Å²) >= 11 is 0. The highest BCUT2D eigenvalue weighted by Crippen LogP contribution is 2.40. The smallest absolute Gasteiger partial charge is 0.407 e. The summed E-state index contributed by atoms with van der Waals surface area (Å²) in [6.07, 6.45) is 4.11. The van der Waals surface area contributed by atoms with Gasteiger partial charge in [0, 0.05) is 42.8 Å². The summed E-state index contributed by atoms with van der Waals surface area (Å²) in [5.74, 6) is 1.13. The van der Waals surface area contributed by atoms with E-state index < -0.39 is 18.2 Å². The van der Waals surface area contributed by atoms with Crippen LogP contribution >= 0.6 is 0 Å². The van der Waals surface area contributed by atoms with Crippen LogP contribution in [0.1, 0.15) is 87.7 Å². The third-order valence-corrected chi connectivity index (χ3v) is 14.1. The standard InChI is InChI=1S/C52H56N8O6/c1-5-29(2)43(58-52(64)66-4)50(62)59-23-9-12-41(59)47-53-39-21-17-35-25-33(15-19-37(35)45(39)55-47)34-16-20-38-36(26-34)18-22-40-46(38)56-48(54-40)42-24-30(28-65-3)27-60(42)51(63)44(31-10-7-6-8-11-31)57-49(61)32-13-14-32/h6-8,10-11,15-22,25-26,29-30,32,41-44H,5,9,12-14,23-24,27-28H2,1-4H3,(H,53,55)(H,54,56)(H,57,61)(H,58,64)/t29-,30-,41-,42-,43?,44+/m0/s1. The van der Waals surface area contributed by atoms with Gasteiger partial charge in [-0.3, -0.25) is 14.4 Å². The molecule has 2 aliphatic heterocycles. The van der Waals surface area contributed by atoms with Gasteiger partial charge in [0.1, 0.15) is 23.7 Å². The van der Waals surface area contributed by atoms with Gasteiger partial charge in [0.05, 0.1) is 47.9 Å². The Labute approximate surface area is 382 Å². The minimum Gasteiger partial charge on any atom is -0.453 e. The molecule has 7 aromatic rings. The first-order valence-electron chi connectivity index (χ1n) is 23.3. The lowest BCUT2D eigenvalue weighted by molar-refractivity contribution is -0.138. The van der Waals surface area contributed by atoms with Crippen molar-refractivity contribution in [3.63, 3.8) is 0 Å². The zero-order valence-electron chi connectivity index (χ0n) is 37.8. The number of H-pyrrole nitrogens is 2. The molecule has 6 atom stereocenters. The van der Waals surface area contributed by atoms with Gasteiger partial charge in [-0.15, -0.1) is 0 Å². The Morgan fingerprint density at radius 2 is 1.39 bits per heavy atom. The molecule has 340 valence electrons. The summed E-state index contributed by atoms with van der Waals surface area (Å²) in [5, 5.41) is 9.97. The highest BCUT2D eigenvalue weighted by molar-refractivity contribution is 6.07. The van der Waals surface area contributed by atoms with Crippen molar-refractivity contribution in [3.05, 3.63) is 108 Å². The van der Waals surface area contributed by atoms with Crippen molar-refractivity contribution >= 4 is 67.4 Å². The number of carbonyl (C=O) groups excluding carboxylic acids is 4. The number of nitrogens with zero attached hydrogens (tertiary/aromatic N) is 4. The third kappa shape index (κ3) is 8.12. The summed E-state index contributed by atoms with van der Waals surface area (Å²) in [6.45, 7) is 5.57. The van der Waals surface area contributed by atoms with Gasteiger partial charge in [0.2, 0.25) is 17.7 Å². The number of nitrogens with one attached hydrogen (secondary N) is 4. The van der Waals surface area contributed by atoms with Gasteiger partial charge in [0.15, 0.2) is 0 Å². The van der Waals surface area contributed by atoms with Crippen LogP contribution in [0.25, 0.3) is 54.7 Å². The molecule has 1 aliphatic carbocycles. The normalized spacial score (nSPS) is 20.0. The molecule has 0 radical (unpaired) electrons. The first-order chi connectivity index (χ1) is 32.1. The minimum absolute atomic E-state index is 0.0325. The maximum absolute atomic E-state index is 14.6. The van der Waals surface area contributed by atoms with Crippen molar-refractivity contribution in [1.82, 2.24) is 40.4 Å². The predicted octanol–water partition coefficient (Wildman–Crippen LogP) is 8.65. The molecule has 0 spiro atoms. The molecule has 3 fully saturated rings. The number of imidazole rings is 2. The molecule has 14 heteroatoms. The number of hydrogen-bond donors (Lipinski definition) is 4. The SMILES string of the molecule is CC[C@H](C)C(NC(=O)OC)C(=O)N1CCC[C@H]1c1nc2c(ccc3cc(-c4ccc5c(ccc6[nH]c([C@@H]7C[C@H](COC)CN7C(=O)[C@H](NC(=O)C7CC7)c7ccccc7)nc65)c4)ccc32)[nH]1. The molecule has 5 aromatic carbocycles. The molecule has 66 heavy (non-hydrogen) atoms. The van der Waals surface area contributed by atoms with E-state index in [0.29, 0.717) is 31.9 Å². The second-order valence-electron chi connectivity index (χ2n) is 18.4. The van der Waals surface area contributed by atoms with Crippen LogP contribution in [-0.2, 0) is 23.9 Å². The number of aromatic nitrogens is 4. The third-order valence-electron chi connectivity index (χ3n) is 14.1. The summed E-state index contributed by atoms with van der Waals surface area (Å²) in [6, 6.07) is 28.7. The van der Waals surface area contributed by atoms with Gasteiger partial charge in [0.25, 0.3) is 0 Å². The van der Waals surface area contributed by atoms with Gasteiger partial charge >= 0.3 is 6.09 Å². The molecule has 2 saturated heterocycles. The number of benzene rings is 5. The Bertz CT molecular complexity index is 2980. The fraction of sp³-hybridized carbons (Fsp3) is 0.385. The number of fused-ring (bicyclic) bond motifs is 6. The highest BCUT2D eigenvalue weighted by atomic mass is 16.5. The van der Waals surface area contributed by atoms with Gasteiger partial charge in [-0.1, -0.05) is 87.0 Å². The molecule has 1 saturated carbocycles. The molecule has 2 aromatic heterocycles. The molecule has 4 amide bonds. The summed E-state index contributed by atoms with van der Waals surface area (Å²) in [4.78, 5) is 74.9. The summed E-state index contributed by atoms with van der Waals surface area (Å²) < 4.78 is 10.4. The zero-order valence-corrected chi connectivity index (χ0v) is 37.8. The van der Waals surface area contributed by atoms with Crippen LogP contribution in [0.5, 0.6) is 0 Å². The molecule has 1 unspecified atom stereocenters. The number of carbonyl (C=O) groups is 4. The van der Waals surface area contributed by atoms with Crippen molar-refractivity contribution in [2.45, 2.75) is 76.5 Å². The van der Waals surface area contributed by atoms with E-state index in [4.69, 9.17) is 19.4 Å². The molecule has 4 heterocycles. The van der Waals surface area contributed by atoms with E-state index in [1.54, 1.807) is 7.11 Å². The van der Waals surface area contributed by atoms with Gasteiger partial charge in [-0.05, 0) is 89.8 Å². The van der Waals surface area contributed by atoms with Crippen molar-refractivity contribution in [1.29, 1.82) is 0 Å². The van der Waals surface area contributed by atoms with Crippen LogP contribution in [0.15, 0.2) is 91.0 Å². The number of ether oxygens (including phenoxy) is 2. The van der Waals surface area contributed by atoms with Crippen LogP contribution in [-0.4, -0.2) is 93.5 Å². The number of likely N-dealkylation sites (tertiary alicyclic amines) is 2. The Morgan fingerprint density at radius 3 is 1.98 bits per heavy atom. The van der Waals surface area contributed by atoms with Crippen LogP contribution in [0.2, 0.25) is 0 Å². The average molecular weight is 889 g/mol. The largest absolute Gasteiger partial charge is 0.453 e. The number of hydrogen-bond acceptors (Lipinski definition) is 8. The van der Waals surface area contributed by atoms with Crippen molar-refractivity contribution in [2.75, 3.05) is 33.9 Å². The lowest BCUT2D eigenvalue weighted by Gasteiger charge is -2.30. The quantitative estimate of drug-likeness (QED) is 0.0890. The number of aromatic amines is 2. The van der Waals surface area contributed by atoms with Gasteiger partial charge < -0.3 is 39.9 Å². The van der Waals surface area contributed by atoms with E-state index in [-0.39, 0.29) is 47.6 Å². The first-order valence-corrected chi connectivity index (χ1v) is 23.3. The number of methoxy groups -OCH3 is 2. The van der Waals surface area contributed by atoms with Gasteiger partial charge in [-0.2, -0.15) is 0 Å². The maximum atomic E-state index is 14.6. The van der Waals surface area contributed by atoms with Crippen LogP contribution in [0.3, 0.4) is 0 Å². The number of rotatable bonds is 13. The van der Waals surface area contributed by atoms with Crippen LogP contribution < -0.4 is 10.6 Å². The van der Waals surface area contributed by atoms with Crippen LogP contribution in [0.4, 0.5) is 4.79 Å².